The van der Waals surface area contributed by atoms with E-state index in [2.05, 4.69) is 10.6 Å². The van der Waals surface area contributed by atoms with Gasteiger partial charge in [0.15, 0.2) is 0 Å². The summed E-state index contributed by atoms with van der Waals surface area (Å²) >= 11 is 11.7. The fourth-order valence-electron chi connectivity index (χ4n) is 1.16. The quantitative estimate of drug-likeness (QED) is 0.780. The number of carbonyl (C=O) groups is 2. The van der Waals surface area contributed by atoms with Crippen LogP contribution in [0.2, 0.25) is 10.0 Å². The van der Waals surface area contributed by atoms with Gasteiger partial charge in [-0.15, -0.1) is 0 Å². The van der Waals surface area contributed by atoms with Gasteiger partial charge in [-0.2, -0.15) is 0 Å². The molecule has 0 spiro atoms. The van der Waals surface area contributed by atoms with Crippen LogP contribution in [-0.4, -0.2) is 29.1 Å². The Bertz CT molecular complexity index is 504. The third-order valence-corrected chi connectivity index (χ3v) is 2.99. The van der Waals surface area contributed by atoms with E-state index in [4.69, 9.17) is 28.3 Å². The van der Waals surface area contributed by atoms with Crippen molar-refractivity contribution in [1.29, 1.82) is 0 Å². The lowest BCUT2D eigenvalue weighted by molar-refractivity contribution is -0.143. The van der Waals surface area contributed by atoms with Crippen molar-refractivity contribution in [1.82, 2.24) is 5.32 Å². The van der Waals surface area contributed by atoms with Crippen LogP contribution in [0.3, 0.4) is 0 Å². The summed E-state index contributed by atoms with van der Waals surface area (Å²) < 4.78 is 0. The zero-order chi connectivity index (χ0) is 14.6. The van der Waals surface area contributed by atoms with Gasteiger partial charge >= 0.3 is 5.97 Å². The molecule has 104 valence electrons. The zero-order valence-electron chi connectivity index (χ0n) is 10.5. The molecule has 0 aliphatic heterocycles. The van der Waals surface area contributed by atoms with E-state index in [1.165, 1.54) is 19.9 Å². The van der Waals surface area contributed by atoms with Crippen LogP contribution in [0.5, 0.6) is 0 Å². The summed E-state index contributed by atoms with van der Waals surface area (Å²) in [5.41, 5.74) is -0.802. The van der Waals surface area contributed by atoms with Crippen molar-refractivity contribution in [3.05, 3.63) is 28.2 Å². The molecule has 0 bridgehead atoms. The minimum absolute atomic E-state index is 0.151. The van der Waals surface area contributed by atoms with Crippen molar-refractivity contribution >= 4 is 40.8 Å². The van der Waals surface area contributed by atoms with E-state index in [9.17, 15) is 9.59 Å². The van der Waals surface area contributed by atoms with Gasteiger partial charge in [-0.05, 0) is 32.0 Å². The second-order valence-corrected chi connectivity index (χ2v) is 5.30. The molecule has 5 nitrogen and oxygen atoms in total. The van der Waals surface area contributed by atoms with Gasteiger partial charge in [-0.3, -0.25) is 14.9 Å². The van der Waals surface area contributed by atoms with E-state index >= 15 is 0 Å². The lowest BCUT2D eigenvalue weighted by atomic mass is 10.1. The molecular weight excluding hydrogens is 291 g/mol. The molecule has 0 atom stereocenters. The van der Waals surface area contributed by atoms with Crippen molar-refractivity contribution in [2.24, 2.45) is 0 Å². The number of hydrogen-bond donors (Lipinski definition) is 3. The first kappa shape index (κ1) is 15.8. The Balaban J connectivity index is 2.61. The number of benzene rings is 1. The van der Waals surface area contributed by atoms with Crippen LogP contribution in [0.4, 0.5) is 5.69 Å². The summed E-state index contributed by atoms with van der Waals surface area (Å²) in [6.45, 7) is 2.78. The van der Waals surface area contributed by atoms with Crippen LogP contribution in [0.1, 0.15) is 13.8 Å². The van der Waals surface area contributed by atoms with Gasteiger partial charge in [-0.25, -0.2) is 0 Å². The third kappa shape index (κ3) is 4.70. The molecule has 3 N–H and O–H groups in total. The molecule has 0 aliphatic carbocycles. The Hall–Kier alpha value is -1.30. The van der Waals surface area contributed by atoms with Crippen LogP contribution in [0.15, 0.2) is 18.2 Å². The van der Waals surface area contributed by atoms with E-state index in [0.29, 0.717) is 15.7 Å². The minimum Gasteiger partial charge on any atom is -0.480 e. The lowest BCUT2D eigenvalue weighted by Crippen LogP contribution is -2.49. The fraction of sp³-hybridized carbons (Fsp3) is 0.333. The summed E-state index contributed by atoms with van der Waals surface area (Å²) in [6.07, 6.45) is 0. The minimum atomic E-state index is -1.19. The molecule has 19 heavy (non-hydrogen) atoms. The number of carboxylic acids is 1. The first-order chi connectivity index (χ1) is 8.72. The predicted octanol–water partition coefficient (Wildman–Crippen LogP) is 2.38. The van der Waals surface area contributed by atoms with Crippen LogP contribution >= 0.6 is 23.2 Å². The maximum atomic E-state index is 11.7. The van der Waals surface area contributed by atoms with Crippen molar-refractivity contribution < 1.29 is 14.7 Å². The monoisotopic (exact) mass is 304 g/mol. The predicted molar refractivity (Wildman–Crippen MR) is 74.8 cm³/mol. The van der Waals surface area contributed by atoms with Gasteiger partial charge in [-0.1, -0.05) is 23.2 Å². The van der Waals surface area contributed by atoms with E-state index in [-0.39, 0.29) is 6.54 Å². The number of carboxylic acid groups (broad SMARTS) is 1. The molecule has 0 fully saturated rings. The van der Waals surface area contributed by atoms with Crippen LogP contribution < -0.4 is 10.6 Å². The molecule has 0 aliphatic rings. The summed E-state index contributed by atoms with van der Waals surface area (Å²) in [5, 5.41) is 14.9. The van der Waals surface area contributed by atoms with Gasteiger partial charge in [0.25, 0.3) is 0 Å². The number of amides is 1. The molecule has 0 unspecified atom stereocenters. The molecule has 0 saturated heterocycles. The smallest absolute Gasteiger partial charge is 0.323 e. The van der Waals surface area contributed by atoms with E-state index in [0.717, 1.165) is 0 Å². The standard InChI is InChI=1S/C12H14Cl2N2O3/c1-12(2,11(18)19)15-6-10(17)16-9-5-7(13)3-4-8(9)14/h3-5,15H,6H2,1-2H3,(H,16,17)(H,18,19). The number of halogens is 2. The maximum Gasteiger partial charge on any atom is 0.323 e. The Morgan fingerprint density at radius 1 is 1.32 bits per heavy atom. The SMILES string of the molecule is CC(C)(NCC(=O)Nc1cc(Cl)ccc1Cl)C(=O)O. The largest absolute Gasteiger partial charge is 0.480 e. The molecule has 0 radical (unpaired) electrons. The lowest BCUT2D eigenvalue weighted by Gasteiger charge is -2.20. The summed E-state index contributed by atoms with van der Waals surface area (Å²) in [7, 11) is 0. The Morgan fingerprint density at radius 3 is 2.53 bits per heavy atom. The fourth-order valence-corrected chi connectivity index (χ4v) is 1.50. The molecule has 1 amide bonds. The van der Waals surface area contributed by atoms with Crippen LogP contribution in [0.25, 0.3) is 0 Å². The average Bonchev–Trinajstić information content (AvgIpc) is 2.31. The summed E-state index contributed by atoms with van der Waals surface area (Å²) in [6, 6.07) is 4.68. The van der Waals surface area contributed by atoms with Crippen LogP contribution in [0, 0.1) is 0 Å². The molecule has 1 rings (SSSR count). The summed E-state index contributed by atoms with van der Waals surface area (Å²) in [5.74, 6) is -1.44. The number of aliphatic carboxylic acids is 1. The maximum absolute atomic E-state index is 11.7. The van der Waals surface area contributed by atoms with Gasteiger partial charge in [0.2, 0.25) is 5.91 Å². The van der Waals surface area contributed by atoms with Gasteiger partial charge in [0.05, 0.1) is 17.3 Å². The first-order valence-corrected chi connectivity index (χ1v) is 6.21. The van der Waals surface area contributed by atoms with Gasteiger partial charge in [0, 0.05) is 5.02 Å². The molecule has 0 aromatic heterocycles. The Morgan fingerprint density at radius 2 is 1.95 bits per heavy atom. The Labute approximate surface area is 120 Å². The van der Waals surface area contributed by atoms with Gasteiger partial charge < -0.3 is 10.4 Å². The highest BCUT2D eigenvalue weighted by molar-refractivity contribution is 6.35. The van der Waals surface area contributed by atoms with E-state index in [1.54, 1.807) is 12.1 Å². The second-order valence-electron chi connectivity index (χ2n) is 4.46. The molecule has 0 heterocycles. The zero-order valence-corrected chi connectivity index (χ0v) is 12.0. The van der Waals surface area contributed by atoms with Crippen molar-refractivity contribution in [2.75, 3.05) is 11.9 Å². The highest BCUT2D eigenvalue weighted by Crippen LogP contribution is 2.25. The normalized spacial score (nSPS) is 11.2. The van der Waals surface area contributed by atoms with Crippen molar-refractivity contribution in [3.63, 3.8) is 0 Å². The van der Waals surface area contributed by atoms with Crippen molar-refractivity contribution in [2.45, 2.75) is 19.4 Å². The number of carbonyl (C=O) groups excluding carboxylic acids is 1. The average molecular weight is 305 g/mol. The third-order valence-electron chi connectivity index (χ3n) is 2.43. The number of anilines is 1. The second kappa shape index (κ2) is 6.23. The highest BCUT2D eigenvalue weighted by Gasteiger charge is 2.26. The van der Waals surface area contributed by atoms with Crippen LogP contribution in [-0.2, 0) is 9.59 Å². The topological polar surface area (TPSA) is 78.4 Å². The molecule has 1 aromatic rings. The highest BCUT2D eigenvalue weighted by atomic mass is 35.5. The summed E-state index contributed by atoms with van der Waals surface area (Å²) in [4.78, 5) is 22.5. The molecule has 1 aromatic carbocycles. The van der Waals surface area contributed by atoms with Crippen molar-refractivity contribution in [3.8, 4) is 0 Å². The Kier molecular flexibility index (Phi) is 5.17. The number of rotatable bonds is 5. The van der Waals surface area contributed by atoms with E-state index < -0.39 is 17.4 Å². The first-order valence-electron chi connectivity index (χ1n) is 5.45. The molecule has 7 heteroatoms. The number of hydrogen-bond acceptors (Lipinski definition) is 3. The van der Waals surface area contributed by atoms with Gasteiger partial charge in [0.1, 0.15) is 5.54 Å². The van der Waals surface area contributed by atoms with E-state index in [1.807, 2.05) is 0 Å². The number of nitrogens with one attached hydrogen (secondary N) is 2. The molecule has 0 saturated carbocycles. The molecular formula is C12H14Cl2N2O3.